The monoisotopic (exact) mass is 180 g/mol. The lowest BCUT2D eigenvalue weighted by Gasteiger charge is -2.14. The molecule has 1 atom stereocenters. The fourth-order valence-electron chi connectivity index (χ4n) is 1.59. The molecule has 1 aromatic heterocycles. The van der Waals surface area contributed by atoms with Crippen molar-refractivity contribution in [2.24, 2.45) is 5.73 Å². The first-order valence-electron chi connectivity index (χ1n) is 4.34. The summed E-state index contributed by atoms with van der Waals surface area (Å²) < 4.78 is 5.01. The second-order valence-corrected chi connectivity index (χ2v) is 3.32. The van der Waals surface area contributed by atoms with Gasteiger partial charge in [-0.05, 0) is 6.42 Å². The smallest absolute Gasteiger partial charge is 0.185 e. The van der Waals surface area contributed by atoms with Crippen molar-refractivity contribution in [3.05, 3.63) is 18.1 Å². The summed E-state index contributed by atoms with van der Waals surface area (Å²) in [6.45, 7) is 1.79. The molecule has 1 unspecified atom stereocenters. The molecule has 1 saturated heterocycles. The molecule has 0 saturated carbocycles. The molecule has 1 aliphatic heterocycles. The zero-order valence-electron chi connectivity index (χ0n) is 7.27. The molecule has 0 bridgehead atoms. The van der Waals surface area contributed by atoms with Gasteiger partial charge in [-0.2, -0.15) is 0 Å². The third-order valence-electron chi connectivity index (χ3n) is 2.31. The fourth-order valence-corrected chi connectivity index (χ4v) is 1.59. The Morgan fingerprint density at radius 1 is 1.69 bits per heavy atom. The minimum Gasteiger partial charge on any atom is -0.459 e. The quantitative estimate of drug-likeness (QED) is 0.678. The number of anilines is 1. The lowest BCUT2D eigenvalue weighted by Crippen LogP contribution is -2.25. The molecule has 0 spiro atoms. The molecular formula is C9H12N2O2. The molecule has 2 heterocycles. The van der Waals surface area contributed by atoms with E-state index in [1.54, 1.807) is 12.3 Å². The van der Waals surface area contributed by atoms with E-state index < -0.39 is 0 Å². The number of hydrogen-bond acceptors (Lipinski definition) is 4. The molecule has 13 heavy (non-hydrogen) atoms. The second kappa shape index (κ2) is 3.22. The van der Waals surface area contributed by atoms with Crippen molar-refractivity contribution in [3.63, 3.8) is 0 Å². The molecule has 4 nitrogen and oxygen atoms in total. The third-order valence-corrected chi connectivity index (χ3v) is 2.31. The summed E-state index contributed by atoms with van der Waals surface area (Å²) in [7, 11) is 0. The summed E-state index contributed by atoms with van der Waals surface area (Å²) >= 11 is 0. The third kappa shape index (κ3) is 1.58. The van der Waals surface area contributed by atoms with Crippen molar-refractivity contribution in [2.45, 2.75) is 12.5 Å². The van der Waals surface area contributed by atoms with E-state index in [-0.39, 0.29) is 6.04 Å². The van der Waals surface area contributed by atoms with Crippen LogP contribution in [0.2, 0.25) is 0 Å². The molecule has 0 amide bonds. The van der Waals surface area contributed by atoms with Crippen LogP contribution in [-0.4, -0.2) is 25.4 Å². The van der Waals surface area contributed by atoms with Gasteiger partial charge in [-0.15, -0.1) is 0 Å². The van der Waals surface area contributed by atoms with Crippen LogP contribution >= 0.6 is 0 Å². The minimum atomic E-state index is 0.245. The first kappa shape index (κ1) is 8.31. The predicted molar refractivity (Wildman–Crippen MR) is 48.9 cm³/mol. The van der Waals surface area contributed by atoms with Crippen LogP contribution in [0.4, 0.5) is 5.69 Å². The summed E-state index contributed by atoms with van der Waals surface area (Å²) in [4.78, 5) is 12.5. The zero-order valence-corrected chi connectivity index (χ0v) is 7.27. The van der Waals surface area contributed by atoms with E-state index in [0.717, 1.165) is 25.2 Å². The van der Waals surface area contributed by atoms with Gasteiger partial charge >= 0.3 is 0 Å². The van der Waals surface area contributed by atoms with Crippen molar-refractivity contribution in [1.29, 1.82) is 0 Å². The van der Waals surface area contributed by atoms with E-state index in [9.17, 15) is 4.79 Å². The van der Waals surface area contributed by atoms with E-state index >= 15 is 0 Å². The molecule has 1 aromatic rings. The summed E-state index contributed by atoms with van der Waals surface area (Å²) in [6, 6.07) is 1.99. The highest BCUT2D eigenvalue weighted by Crippen LogP contribution is 2.21. The molecular weight excluding hydrogens is 168 g/mol. The Balaban J connectivity index is 2.12. The summed E-state index contributed by atoms with van der Waals surface area (Å²) in [5, 5.41) is 0. The lowest BCUT2D eigenvalue weighted by molar-refractivity contribution is 0.110. The molecule has 0 aromatic carbocycles. The van der Waals surface area contributed by atoms with Crippen molar-refractivity contribution >= 4 is 12.0 Å². The molecule has 1 fully saturated rings. The van der Waals surface area contributed by atoms with Gasteiger partial charge < -0.3 is 15.1 Å². The molecule has 2 rings (SSSR count). The maximum Gasteiger partial charge on any atom is 0.185 e. The van der Waals surface area contributed by atoms with E-state index in [2.05, 4.69) is 4.90 Å². The van der Waals surface area contributed by atoms with Crippen LogP contribution in [0.5, 0.6) is 0 Å². The molecule has 1 aliphatic rings. The number of carbonyl (C=O) groups excluding carboxylic acids is 1. The Labute approximate surface area is 76.3 Å². The van der Waals surface area contributed by atoms with Gasteiger partial charge in [-0.1, -0.05) is 0 Å². The van der Waals surface area contributed by atoms with Gasteiger partial charge in [0.1, 0.15) is 6.26 Å². The Bertz CT molecular complexity index is 308. The van der Waals surface area contributed by atoms with Crippen LogP contribution in [0.25, 0.3) is 0 Å². The molecule has 4 heteroatoms. The highest BCUT2D eigenvalue weighted by atomic mass is 16.3. The van der Waals surface area contributed by atoms with Crippen LogP contribution in [0.3, 0.4) is 0 Å². The normalized spacial score (nSPS) is 22.2. The summed E-state index contributed by atoms with van der Waals surface area (Å²) in [6.07, 6.45) is 3.31. The zero-order chi connectivity index (χ0) is 9.26. The van der Waals surface area contributed by atoms with Crippen LogP contribution < -0.4 is 10.6 Å². The maximum absolute atomic E-state index is 10.4. The molecule has 2 N–H and O–H groups in total. The highest BCUT2D eigenvalue weighted by molar-refractivity contribution is 5.73. The van der Waals surface area contributed by atoms with Crippen molar-refractivity contribution in [2.75, 3.05) is 18.0 Å². The molecule has 0 radical (unpaired) electrons. The average Bonchev–Trinajstić information content (AvgIpc) is 2.71. The largest absolute Gasteiger partial charge is 0.459 e. The minimum absolute atomic E-state index is 0.245. The van der Waals surface area contributed by atoms with Crippen LogP contribution in [0.1, 0.15) is 17.0 Å². The maximum atomic E-state index is 10.4. The van der Waals surface area contributed by atoms with Crippen LogP contribution in [0, 0.1) is 0 Å². The van der Waals surface area contributed by atoms with Crippen LogP contribution in [0.15, 0.2) is 16.7 Å². The Morgan fingerprint density at radius 2 is 2.54 bits per heavy atom. The average molecular weight is 180 g/mol. The number of rotatable bonds is 2. The van der Waals surface area contributed by atoms with Gasteiger partial charge in [-0.25, -0.2) is 0 Å². The fraction of sp³-hybridized carbons (Fsp3) is 0.444. The van der Waals surface area contributed by atoms with Gasteiger partial charge in [-0.3, -0.25) is 4.79 Å². The van der Waals surface area contributed by atoms with E-state index in [0.29, 0.717) is 12.0 Å². The number of nitrogens with two attached hydrogens (primary N) is 1. The Morgan fingerprint density at radius 3 is 3.08 bits per heavy atom. The van der Waals surface area contributed by atoms with Crippen molar-refractivity contribution in [1.82, 2.24) is 0 Å². The number of aldehydes is 1. The lowest BCUT2D eigenvalue weighted by atomic mass is 10.3. The Hall–Kier alpha value is -1.29. The van der Waals surface area contributed by atoms with E-state index in [1.807, 2.05) is 0 Å². The number of hydrogen-bond donors (Lipinski definition) is 1. The first-order chi connectivity index (χ1) is 6.29. The predicted octanol–water partition coefficient (Wildman–Crippen LogP) is 0.629. The van der Waals surface area contributed by atoms with Gasteiger partial charge in [0, 0.05) is 25.2 Å². The highest BCUT2D eigenvalue weighted by Gasteiger charge is 2.20. The standard InChI is InChI=1S/C9H12N2O2/c10-7-1-2-11(4-7)8-3-9(5-12)13-6-8/h3,5-7H,1-2,4,10H2. The number of nitrogens with zero attached hydrogens (tertiary/aromatic N) is 1. The van der Waals surface area contributed by atoms with Gasteiger partial charge in [0.05, 0.1) is 5.69 Å². The van der Waals surface area contributed by atoms with Gasteiger partial charge in [0.15, 0.2) is 12.0 Å². The Kier molecular flexibility index (Phi) is 2.06. The van der Waals surface area contributed by atoms with E-state index in [1.165, 1.54) is 0 Å². The van der Waals surface area contributed by atoms with Crippen molar-refractivity contribution in [3.8, 4) is 0 Å². The second-order valence-electron chi connectivity index (χ2n) is 3.32. The molecule has 0 aliphatic carbocycles. The molecule has 70 valence electrons. The van der Waals surface area contributed by atoms with Crippen LogP contribution in [-0.2, 0) is 0 Å². The summed E-state index contributed by atoms with van der Waals surface area (Å²) in [5.74, 6) is 0.371. The van der Waals surface area contributed by atoms with E-state index in [4.69, 9.17) is 10.2 Å². The summed E-state index contributed by atoms with van der Waals surface area (Å²) in [5.41, 5.74) is 6.71. The first-order valence-corrected chi connectivity index (χ1v) is 4.34. The number of furan rings is 1. The number of carbonyl (C=O) groups is 1. The van der Waals surface area contributed by atoms with Crippen molar-refractivity contribution < 1.29 is 9.21 Å². The topological polar surface area (TPSA) is 59.5 Å². The SMILES string of the molecule is NC1CCN(c2coc(C=O)c2)C1. The van der Waals surface area contributed by atoms with Gasteiger partial charge in [0.2, 0.25) is 0 Å². The van der Waals surface area contributed by atoms with Gasteiger partial charge in [0.25, 0.3) is 0 Å².